The summed E-state index contributed by atoms with van der Waals surface area (Å²) in [5, 5.41) is 0. The largest absolute Gasteiger partial charge is 0.310 e. The Morgan fingerprint density at radius 2 is 1.56 bits per heavy atom. The molecule has 0 aromatic rings. The molecule has 0 aromatic heterocycles. The van der Waals surface area contributed by atoms with Crippen molar-refractivity contribution in [3.63, 3.8) is 0 Å². The van der Waals surface area contributed by atoms with Gasteiger partial charge in [-0.1, -0.05) is 0 Å². The highest BCUT2D eigenvalue weighted by Crippen LogP contribution is 2.73. The molecule has 0 aliphatic carbocycles. The van der Waals surface area contributed by atoms with Crippen molar-refractivity contribution in [1.29, 1.82) is 0 Å². The zero-order chi connectivity index (χ0) is 7.71. The molecule has 0 unspecified atom stereocenters. The second-order valence-corrected chi connectivity index (χ2v) is 12.8. The molecule has 0 N–H and O–H groups in total. The van der Waals surface area contributed by atoms with E-state index in [1.54, 1.807) is 0 Å². The summed E-state index contributed by atoms with van der Waals surface area (Å²) >= 11 is 24.4. The van der Waals surface area contributed by atoms with E-state index in [0.29, 0.717) is 0 Å². The monoisotopic (exact) mass is 267 g/mol. The fourth-order valence-electron chi connectivity index (χ4n) is 0.118. The number of nitrogens with zero attached hydrogens (tertiary/aromatic N) is 1. The average molecular weight is 269 g/mol. The summed E-state index contributed by atoms with van der Waals surface area (Å²) in [4.78, 5) is -2.97. The third kappa shape index (κ3) is 9.97. The average Bonchev–Trinajstić information content (AvgIpc) is 1.14. The maximum atomic E-state index is 12.2. The molecule has 0 amide bonds. The van der Waals surface area contributed by atoms with Crippen LogP contribution in [0.5, 0.6) is 0 Å². The minimum atomic E-state index is -3.79. The summed E-state index contributed by atoms with van der Waals surface area (Å²) in [7, 11) is 0. The van der Waals surface area contributed by atoms with Crippen LogP contribution in [-0.2, 0) is 11.8 Å². The molecule has 0 atom stereocenters. The molecule has 0 heterocycles. The van der Waals surface area contributed by atoms with Gasteiger partial charge in [-0.2, -0.15) is 8.71 Å². The lowest BCUT2D eigenvalue weighted by atomic mass is 13.9. The normalized spacial score (nSPS) is 13.4. The Balaban J connectivity index is 4.53. The molecule has 0 saturated carbocycles. The first kappa shape index (κ1) is 11.0. The predicted molar refractivity (Wildman–Crippen MR) is 48.2 cm³/mol. The van der Waals surface area contributed by atoms with Gasteiger partial charge < -0.3 is 0 Å². The number of halogens is 5. The first-order valence-corrected chi connectivity index (χ1v) is 9.44. The van der Waals surface area contributed by atoms with Crippen molar-refractivity contribution in [1.82, 2.24) is 0 Å². The van der Waals surface area contributed by atoms with E-state index in [-0.39, 0.29) is 0 Å². The molecule has 9 heavy (non-hydrogen) atoms. The summed E-state index contributed by atoms with van der Waals surface area (Å²) in [5.41, 5.74) is 0. The SMILES string of the molecule is FP(Cl)(Cl)=NP(=S)(Cl)Cl. The first-order valence-electron chi connectivity index (χ1n) is 1.43. The van der Waals surface area contributed by atoms with E-state index in [1.165, 1.54) is 0 Å². The van der Waals surface area contributed by atoms with Crippen LogP contribution in [0.4, 0.5) is 4.20 Å². The van der Waals surface area contributed by atoms with Crippen molar-refractivity contribution in [2.45, 2.75) is 0 Å². The highest BCUT2D eigenvalue weighted by Gasteiger charge is 2.15. The summed E-state index contributed by atoms with van der Waals surface area (Å²) in [6, 6.07) is 0. The third-order valence-electron chi connectivity index (χ3n) is 0.206. The number of hydrogen-bond donors (Lipinski definition) is 0. The molecule has 0 radical (unpaired) electrons. The summed E-state index contributed by atoms with van der Waals surface area (Å²) in [6.07, 6.45) is -3.79. The fraction of sp³-hybridized carbons (Fsp3) is 0. The lowest BCUT2D eigenvalue weighted by molar-refractivity contribution is 0.917. The van der Waals surface area contributed by atoms with E-state index in [4.69, 9.17) is 45.0 Å². The second kappa shape index (κ2) is 3.58. The van der Waals surface area contributed by atoms with Gasteiger partial charge in [0.1, 0.15) is 0 Å². The van der Waals surface area contributed by atoms with E-state index in [9.17, 15) is 4.20 Å². The van der Waals surface area contributed by atoms with Crippen molar-refractivity contribution in [3.8, 4) is 0 Å². The van der Waals surface area contributed by atoms with Gasteiger partial charge in [0.05, 0.1) is 0 Å². The Labute approximate surface area is 76.2 Å². The summed E-state index contributed by atoms with van der Waals surface area (Å²) in [5.74, 6) is 0. The maximum Gasteiger partial charge on any atom is 0.310 e. The van der Waals surface area contributed by atoms with Crippen LogP contribution in [-0.4, -0.2) is 0 Å². The molecule has 9 heteroatoms. The van der Waals surface area contributed by atoms with E-state index < -0.39 is 11.0 Å². The van der Waals surface area contributed by atoms with Crippen LogP contribution in [0.3, 0.4) is 0 Å². The summed E-state index contributed by atoms with van der Waals surface area (Å²) in [6.45, 7) is 0. The zero-order valence-corrected chi connectivity index (χ0v) is 9.27. The molecule has 0 rings (SSSR count). The van der Waals surface area contributed by atoms with Crippen LogP contribution >= 0.6 is 55.9 Å². The Bertz CT molecular complexity index is 180. The lowest BCUT2D eigenvalue weighted by Gasteiger charge is -1.98. The smallest absolute Gasteiger partial charge is 0.183 e. The highest BCUT2D eigenvalue weighted by molar-refractivity contribution is 8.39. The van der Waals surface area contributed by atoms with Gasteiger partial charge in [0, 0.05) is 0 Å². The van der Waals surface area contributed by atoms with Gasteiger partial charge in [0.2, 0.25) is 4.89 Å². The first-order chi connectivity index (χ1) is 3.71. The molecule has 0 bridgehead atoms. The minimum Gasteiger partial charge on any atom is -0.183 e. The standard InChI is InChI=1S/Cl4FNP2S/c1-7(2,5)6-8(3,4)9. The number of hydrogen-bond acceptors (Lipinski definition) is 1. The predicted octanol–water partition coefficient (Wildman–Crippen LogP) is 5.08. The molecule has 0 aromatic carbocycles. The van der Waals surface area contributed by atoms with Crippen molar-refractivity contribution < 1.29 is 4.20 Å². The van der Waals surface area contributed by atoms with Gasteiger partial charge in [0.25, 0.3) is 0 Å². The molecule has 0 fully saturated rings. The van der Waals surface area contributed by atoms with Crippen LogP contribution in [0, 0.1) is 0 Å². The molecule has 1 nitrogen and oxygen atoms in total. The van der Waals surface area contributed by atoms with Crippen LogP contribution in [0.25, 0.3) is 0 Å². The molecule has 0 aliphatic rings. The van der Waals surface area contributed by atoms with E-state index in [1.807, 2.05) is 0 Å². The topological polar surface area (TPSA) is 12.4 Å². The van der Waals surface area contributed by atoms with Crippen molar-refractivity contribution in [2.24, 2.45) is 4.52 Å². The molecular weight excluding hydrogens is 269 g/mol. The van der Waals surface area contributed by atoms with E-state index in [0.717, 1.165) is 0 Å². The van der Waals surface area contributed by atoms with Gasteiger partial charge >= 0.3 is 6.07 Å². The van der Waals surface area contributed by atoms with Gasteiger partial charge in [0.15, 0.2) is 0 Å². The minimum absolute atomic E-state index is 2.97. The Morgan fingerprint density at radius 3 is 1.56 bits per heavy atom. The van der Waals surface area contributed by atoms with Gasteiger partial charge in [-0.25, -0.2) is 0 Å². The Morgan fingerprint density at radius 1 is 1.22 bits per heavy atom. The highest BCUT2D eigenvalue weighted by atomic mass is 35.9. The molecule has 56 valence electrons. The fourth-order valence-corrected chi connectivity index (χ4v) is 7.44. The van der Waals surface area contributed by atoms with Crippen molar-refractivity contribution in [2.75, 3.05) is 0 Å². The Hall–Kier alpha value is 1.97. The maximum absolute atomic E-state index is 12.2. The number of rotatable bonds is 1. The van der Waals surface area contributed by atoms with Crippen LogP contribution in [0.1, 0.15) is 0 Å². The van der Waals surface area contributed by atoms with Crippen LogP contribution in [0.2, 0.25) is 0 Å². The van der Waals surface area contributed by atoms with E-state index >= 15 is 0 Å². The zero-order valence-electron chi connectivity index (χ0n) is 3.64. The third-order valence-corrected chi connectivity index (χ3v) is 4.94. The summed E-state index contributed by atoms with van der Waals surface area (Å²) < 4.78 is 15.1. The van der Waals surface area contributed by atoms with Gasteiger partial charge in [-0.15, -0.1) is 0 Å². The molecule has 0 aliphatic heterocycles. The van der Waals surface area contributed by atoms with Crippen molar-refractivity contribution in [3.05, 3.63) is 0 Å². The van der Waals surface area contributed by atoms with Crippen molar-refractivity contribution >= 4 is 67.7 Å². The van der Waals surface area contributed by atoms with E-state index in [2.05, 4.69) is 16.3 Å². The van der Waals surface area contributed by atoms with Gasteiger partial charge in [-0.05, 0) is 56.8 Å². The molecule has 0 saturated heterocycles. The second-order valence-electron chi connectivity index (χ2n) is 0.943. The molecule has 0 spiro atoms. The van der Waals surface area contributed by atoms with Crippen LogP contribution in [0.15, 0.2) is 4.52 Å². The lowest BCUT2D eigenvalue weighted by Crippen LogP contribution is -1.43. The molecular formula is Cl4FNP2S. The quantitative estimate of drug-likeness (QED) is 0.604. The van der Waals surface area contributed by atoms with Gasteiger partial charge in [-0.3, -0.25) is 0 Å². The van der Waals surface area contributed by atoms with Crippen LogP contribution < -0.4 is 0 Å². The Kier molecular flexibility index (Phi) is 4.36.